The summed E-state index contributed by atoms with van der Waals surface area (Å²) in [6.45, 7) is 0.448. The van der Waals surface area contributed by atoms with Gasteiger partial charge in [-0.2, -0.15) is 0 Å². The molecule has 0 aliphatic carbocycles. The van der Waals surface area contributed by atoms with Crippen molar-refractivity contribution >= 4 is 37.6 Å². The van der Waals surface area contributed by atoms with Crippen molar-refractivity contribution in [1.82, 2.24) is 5.48 Å². The third-order valence-electron chi connectivity index (χ3n) is 3.05. The third kappa shape index (κ3) is 3.67. The molecule has 1 atom stereocenters. The monoisotopic (exact) mass is 409 g/mol. The van der Waals surface area contributed by atoms with Gasteiger partial charge in [-0.15, -0.1) is 0 Å². The van der Waals surface area contributed by atoms with Crippen LogP contribution in [0.25, 0.3) is 5.70 Å². The Balaban J connectivity index is 1.63. The van der Waals surface area contributed by atoms with Crippen LogP contribution in [0.4, 0.5) is 0 Å². The van der Waals surface area contributed by atoms with Crippen molar-refractivity contribution < 1.29 is 9.57 Å². The second-order valence-electron chi connectivity index (χ2n) is 4.59. The fraction of sp³-hybridized carbons (Fsp3) is 0.125. The number of hydroxylamine groups is 1. The minimum atomic E-state index is -0.115. The molecule has 5 heteroatoms. The van der Waals surface area contributed by atoms with Crippen LogP contribution in [0.2, 0.25) is 0 Å². The average molecular weight is 411 g/mol. The van der Waals surface area contributed by atoms with E-state index >= 15 is 0 Å². The standard InChI is InChI=1S/C16H13Br2NO2/c17-12-6-7-16(14(18)8-12)20-10-13-9-15(19-21-13)11-4-2-1-3-5-11/h1-9,13,19H,10H2/t13-/m1/s1. The van der Waals surface area contributed by atoms with E-state index in [1.807, 2.05) is 54.6 Å². The minimum Gasteiger partial charge on any atom is -0.489 e. The molecule has 3 nitrogen and oxygen atoms in total. The second-order valence-corrected chi connectivity index (χ2v) is 6.36. The molecule has 2 aromatic rings. The molecule has 1 aliphatic heterocycles. The highest BCUT2D eigenvalue weighted by Gasteiger charge is 2.18. The van der Waals surface area contributed by atoms with E-state index in [0.717, 1.165) is 26.0 Å². The number of rotatable bonds is 4. The van der Waals surface area contributed by atoms with Crippen molar-refractivity contribution in [2.75, 3.05) is 6.61 Å². The van der Waals surface area contributed by atoms with Crippen LogP contribution in [0, 0.1) is 0 Å². The Morgan fingerprint density at radius 2 is 1.90 bits per heavy atom. The van der Waals surface area contributed by atoms with Gasteiger partial charge in [-0.05, 0) is 45.8 Å². The predicted octanol–water partition coefficient (Wildman–Crippen LogP) is 4.53. The molecular weight excluding hydrogens is 398 g/mol. The van der Waals surface area contributed by atoms with Gasteiger partial charge in [-0.25, -0.2) is 0 Å². The van der Waals surface area contributed by atoms with Gasteiger partial charge in [-0.3, -0.25) is 10.3 Å². The Morgan fingerprint density at radius 1 is 1.10 bits per heavy atom. The van der Waals surface area contributed by atoms with Crippen molar-refractivity contribution in [2.24, 2.45) is 0 Å². The van der Waals surface area contributed by atoms with E-state index in [0.29, 0.717) is 6.61 Å². The van der Waals surface area contributed by atoms with Gasteiger partial charge in [0, 0.05) is 4.47 Å². The minimum absolute atomic E-state index is 0.115. The summed E-state index contributed by atoms with van der Waals surface area (Å²) in [5.74, 6) is 0.795. The molecule has 0 radical (unpaired) electrons. The number of hydrogen-bond acceptors (Lipinski definition) is 3. The molecule has 21 heavy (non-hydrogen) atoms. The number of hydrogen-bond donors (Lipinski definition) is 1. The molecular formula is C16H13Br2NO2. The first-order valence-corrected chi connectivity index (χ1v) is 8.08. The van der Waals surface area contributed by atoms with Crippen LogP contribution in [-0.4, -0.2) is 12.7 Å². The summed E-state index contributed by atoms with van der Waals surface area (Å²) in [4.78, 5) is 5.51. The molecule has 108 valence electrons. The van der Waals surface area contributed by atoms with E-state index in [1.165, 1.54) is 0 Å². The van der Waals surface area contributed by atoms with Crippen LogP contribution >= 0.6 is 31.9 Å². The maximum absolute atomic E-state index is 5.78. The van der Waals surface area contributed by atoms with Gasteiger partial charge in [0.05, 0.1) is 10.2 Å². The lowest BCUT2D eigenvalue weighted by molar-refractivity contribution is 0.0234. The average Bonchev–Trinajstić information content (AvgIpc) is 2.96. The topological polar surface area (TPSA) is 30.5 Å². The lowest BCUT2D eigenvalue weighted by Gasteiger charge is -2.11. The van der Waals surface area contributed by atoms with Gasteiger partial charge < -0.3 is 4.74 Å². The van der Waals surface area contributed by atoms with Crippen LogP contribution in [-0.2, 0) is 4.84 Å². The van der Waals surface area contributed by atoms with Crippen LogP contribution in [0.15, 0.2) is 63.6 Å². The molecule has 0 saturated heterocycles. The van der Waals surface area contributed by atoms with Crippen LogP contribution in [0.1, 0.15) is 5.56 Å². The van der Waals surface area contributed by atoms with Crippen LogP contribution in [0.5, 0.6) is 5.75 Å². The highest BCUT2D eigenvalue weighted by molar-refractivity contribution is 9.11. The van der Waals surface area contributed by atoms with Gasteiger partial charge >= 0.3 is 0 Å². The first-order chi connectivity index (χ1) is 10.2. The van der Waals surface area contributed by atoms with Crippen LogP contribution in [0.3, 0.4) is 0 Å². The molecule has 3 rings (SSSR count). The summed E-state index contributed by atoms with van der Waals surface area (Å²) in [5, 5.41) is 0. The highest BCUT2D eigenvalue weighted by Crippen LogP contribution is 2.28. The molecule has 1 N–H and O–H groups in total. The molecule has 2 aromatic carbocycles. The van der Waals surface area contributed by atoms with Crippen molar-refractivity contribution in [1.29, 1.82) is 0 Å². The zero-order chi connectivity index (χ0) is 14.7. The number of nitrogens with one attached hydrogen (secondary N) is 1. The summed E-state index contributed by atoms with van der Waals surface area (Å²) in [7, 11) is 0. The first-order valence-electron chi connectivity index (χ1n) is 6.49. The SMILES string of the molecule is Brc1ccc(OC[C@H]2C=C(c3ccccc3)NO2)c(Br)c1. The lowest BCUT2D eigenvalue weighted by atomic mass is 10.1. The van der Waals surface area contributed by atoms with Gasteiger partial charge in [0.25, 0.3) is 0 Å². The molecule has 0 aromatic heterocycles. The molecule has 0 unspecified atom stereocenters. The van der Waals surface area contributed by atoms with Gasteiger partial charge in [0.15, 0.2) is 0 Å². The zero-order valence-electron chi connectivity index (χ0n) is 11.1. The van der Waals surface area contributed by atoms with Crippen molar-refractivity contribution in [2.45, 2.75) is 6.10 Å². The number of benzene rings is 2. The molecule has 0 saturated carbocycles. The van der Waals surface area contributed by atoms with Crippen molar-refractivity contribution in [3.8, 4) is 5.75 Å². The van der Waals surface area contributed by atoms with E-state index in [9.17, 15) is 0 Å². The van der Waals surface area contributed by atoms with Gasteiger partial charge in [-0.1, -0.05) is 46.3 Å². The van der Waals surface area contributed by atoms with E-state index in [2.05, 4.69) is 37.3 Å². The van der Waals surface area contributed by atoms with E-state index in [-0.39, 0.29) is 6.10 Å². The second kappa shape index (κ2) is 6.64. The van der Waals surface area contributed by atoms with E-state index in [1.54, 1.807) is 0 Å². The van der Waals surface area contributed by atoms with Gasteiger partial charge in [0.2, 0.25) is 0 Å². The molecule has 1 heterocycles. The van der Waals surface area contributed by atoms with Crippen molar-refractivity contribution in [3.05, 3.63) is 69.1 Å². The van der Waals surface area contributed by atoms with E-state index in [4.69, 9.17) is 9.57 Å². The Morgan fingerprint density at radius 3 is 2.67 bits per heavy atom. The Bertz CT molecular complexity index is 659. The summed E-state index contributed by atoms with van der Waals surface area (Å²) in [6.07, 6.45) is 1.91. The third-order valence-corrected chi connectivity index (χ3v) is 4.17. The molecule has 0 fully saturated rings. The Hall–Kier alpha value is -1.30. The summed E-state index contributed by atoms with van der Waals surface area (Å²) in [6, 6.07) is 15.9. The maximum Gasteiger partial charge on any atom is 0.140 e. The summed E-state index contributed by atoms with van der Waals surface area (Å²) < 4.78 is 7.70. The number of ether oxygens (including phenoxy) is 1. The zero-order valence-corrected chi connectivity index (χ0v) is 14.2. The highest BCUT2D eigenvalue weighted by atomic mass is 79.9. The Kier molecular flexibility index (Phi) is 4.63. The van der Waals surface area contributed by atoms with Crippen molar-refractivity contribution in [3.63, 3.8) is 0 Å². The molecule has 0 amide bonds. The first kappa shape index (κ1) is 14.6. The maximum atomic E-state index is 5.78. The number of halogens is 2. The fourth-order valence-corrected chi connectivity index (χ4v) is 3.17. The summed E-state index contributed by atoms with van der Waals surface area (Å²) >= 11 is 6.90. The van der Waals surface area contributed by atoms with Crippen LogP contribution < -0.4 is 10.2 Å². The molecule has 0 bridgehead atoms. The van der Waals surface area contributed by atoms with Gasteiger partial charge in [0.1, 0.15) is 18.5 Å². The smallest absolute Gasteiger partial charge is 0.140 e. The Labute approximate surface area is 140 Å². The normalized spacial score (nSPS) is 17.2. The summed E-state index contributed by atoms with van der Waals surface area (Å²) in [5.41, 5.74) is 5.02. The quantitative estimate of drug-likeness (QED) is 0.802. The van der Waals surface area contributed by atoms with E-state index < -0.39 is 0 Å². The molecule has 1 aliphatic rings. The molecule has 0 spiro atoms. The predicted molar refractivity (Wildman–Crippen MR) is 89.8 cm³/mol. The lowest BCUT2D eigenvalue weighted by Crippen LogP contribution is -2.19. The largest absolute Gasteiger partial charge is 0.489 e. The fourth-order valence-electron chi connectivity index (χ4n) is 2.01.